The number of aromatic nitrogens is 5. The second-order valence-corrected chi connectivity index (χ2v) is 10.0. The Morgan fingerprint density at radius 1 is 1.15 bits per heavy atom. The fraction of sp³-hybridized carbons (Fsp3) is 0.214. The molecule has 0 aliphatic carbocycles. The zero-order chi connectivity index (χ0) is 27.3. The predicted molar refractivity (Wildman–Crippen MR) is 152 cm³/mol. The molecule has 2 aromatic carbocycles. The summed E-state index contributed by atoms with van der Waals surface area (Å²) in [6, 6.07) is 7.44. The molecule has 2 N–H and O–H groups in total. The van der Waals surface area contributed by atoms with E-state index in [2.05, 4.69) is 27.1 Å². The van der Waals surface area contributed by atoms with Gasteiger partial charge in [-0.15, -0.1) is 0 Å². The maximum absolute atomic E-state index is 16.6. The van der Waals surface area contributed by atoms with Crippen LogP contribution in [0, 0.1) is 12.7 Å². The molecule has 3 aromatic heterocycles. The topological polar surface area (TPSA) is 95.0 Å². The number of piperazine rings is 1. The van der Waals surface area contributed by atoms with Crippen LogP contribution >= 0.6 is 11.6 Å². The summed E-state index contributed by atoms with van der Waals surface area (Å²) in [7, 11) is 1.91. The minimum absolute atomic E-state index is 0.115. The number of rotatable bonds is 5. The Morgan fingerprint density at radius 2 is 1.95 bits per heavy atom. The molecule has 0 radical (unpaired) electrons. The standard InChI is InChI=1S/C28H26ClFN8O/c1-4-22(39)37-9-11-38(12-10-37)27-18-13-20(29)24(23-16(2)5-6-21-19(23)14-31-35-21)25(30)26(18)33-28(34-27)32-17-7-8-36(3)15-17/h4-8,13-15H,1,9-12H2,2-3H3,(H,31,35)(H,32,33,34). The molecule has 9 nitrogen and oxygen atoms in total. The van der Waals surface area contributed by atoms with Gasteiger partial charge in [-0.2, -0.15) is 10.1 Å². The number of anilines is 3. The first kappa shape index (κ1) is 24.9. The summed E-state index contributed by atoms with van der Waals surface area (Å²) in [5.74, 6) is 0.166. The summed E-state index contributed by atoms with van der Waals surface area (Å²) in [5, 5.41) is 11.8. The summed E-state index contributed by atoms with van der Waals surface area (Å²) in [6.45, 7) is 7.53. The summed E-state index contributed by atoms with van der Waals surface area (Å²) >= 11 is 6.82. The molecule has 1 aliphatic heterocycles. The normalized spacial score (nSPS) is 13.8. The highest BCUT2D eigenvalue weighted by Gasteiger charge is 2.27. The van der Waals surface area contributed by atoms with Crippen LogP contribution < -0.4 is 10.2 Å². The highest BCUT2D eigenvalue weighted by molar-refractivity contribution is 6.35. The lowest BCUT2D eigenvalue weighted by Crippen LogP contribution is -2.48. The molecule has 0 atom stereocenters. The van der Waals surface area contributed by atoms with Gasteiger partial charge in [-0.1, -0.05) is 24.2 Å². The maximum atomic E-state index is 16.6. The minimum atomic E-state index is -0.533. The summed E-state index contributed by atoms with van der Waals surface area (Å²) in [5.41, 5.74) is 3.52. The number of hydrogen-bond donors (Lipinski definition) is 2. The molecule has 1 saturated heterocycles. The number of fused-ring (bicyclic) bond motifs is 2. The molecule has 1 aliphatic rings. The molecule has 0 unspecified atom stereocenters. The van der Waals surface area contributed by atoms with Gasteiger partial charge in [-0.25, -0.2) is 9.37 Å². The fourth-order valence-corrected chi connectivity index (χ4v) is 5.43. The Kier molecular flexibility index (Phi) is 6.19. The van der Waals surface area contributed by atoms with Gasteiger partial charge in [0.1, 0.15) is 11.3 Å². The Hall–Kier alpha value is -4.44. The van der Waals surface area contributed by atoms with Gasteiger partial charge in [-0.3, -0.25) is 9.89 Å². The van der Waals surface area contributed by atoms with E-state index < -0.39 is 5.82 Å². The van der Waals surface area contributed by atoms with E-state index in [1.165, 1.54) is 6.08 Å². The van der Waals surface area contributed by atoms with E-state index in [1.807, 2.05) is 54.0 Å². The SMILES string of the molecule is C=CC(=O)N1CCN(c2nc(Nc3ccn(C)c3)nc3c(F)c(-c4c(C)ccc5[nH]ncc45)c(Cl)cc23)CC1. The van der Waals surface area contributed by atoms with Crippen molar-refractivity contribution in [3.05, 3.63) is 71.9 Å². The van der Waals surface area contributed by atoms with Crippen LogP contribution in [-0.2, 0) is 11.8 Å². The van der Waals surface area contributed by atoms with Crippen molar-refractivity contribution in [3.63, 3.8) is 0 Å². The third-order valence-electron chi connectivity index (χ3n) is 7.10. The van der Waals surface area contributed by atoms with E-state index in [0.29, 0.717) is 42.9 Å². The summed E-state index contributed by atoms with van der Waals surface area (Å²) in [4.78, 5) is 25.3. The van der Waals surface area contributed by atoms with Crippen molar-refractivity contribution in [2.75, 3.05) is 36.4 Å². The molecular formula is C28H26ClFN8O. The lowest BCUT2D eigenvalue weighted by atomic mass is 9.95. The van der Waals surface area contributed by atoms with Crippen molar-refractivity contribution >= 4 is 56.8 Å². The zero-order valence-corrected chi connectivity index (χ0v) is 22.3. The predicted octanol–water partition coefficient (Wildman–Crippen LogP) is 5.19. The highest BCUT2D eigenvalue weighted by Crippen LogP contribution is 2.42. The molecule has 11 heteroatoms. The molecular weight excluding hydrogens is 519 g/mol. The molecule has 1 amide bonds. The van der Waals surface area contributed by atoms with Crippen LogP contribution in [0.15, 0.2) is 55.5 Å². The molecule has 0 spiro atoms. The molecule has 1 fully saturated rings. The van der Waals surface area contributed by atoms with Gasteiger partial charge in [0.2, 0.25) is 11.9 Å². The van der Waals surface area contributed by atoms with Crippen molar-refractivity contribution in [1.82, 2.24) is 29.6 Å². The van der Waals surface area contributed by atoms with Crippen molar-refractivity contribution in [2.45, 2.75) is 6.92 Å². The number of nitrogens with zero attached hydrogens (tertiary/aromatic N) is 6. The van der Waals surface area contributed by atoms with Crippen molar-refractivity contribution < 1.29 is 9.18 Å². The number of aromatic amines is 1. The van der Waals surface area contributed by atoms with Crippen molar-refractivity contribution in [3.8, 4) is 11.1 Å². The maximum Gasteiger partial charge on any atom is 0.246 e. The van der Waals surface area contributed by atoms with Crippen LogP contribution in [0.2, 0.25) is 5.02 Å². The average molecular weight is 545 g/mol. The van der Waals surface area contributed by atoms with E-state index in [0.717, 1.165) is 22.2 Å². The number of carbonyl (C=O) groups is 1. The number of H-pyrrole nitrogens is 1. The molecule has 6 rings (SSSR count). The lowest BCUT2D eigenvalue weighted by Gasteiger charge is -2.35. The van der Waals surface area contributed by atoms with E-state index in [9.17, 15) is 4.79 Å². The van der Waals surface area contributed by atoms with E-state index in [4.69, 9.17) is 16.6 Å². The average Bonchev–Trinajstić information content (AvgIpc) is 3.58. The first-order valence-electron chi connectivity index (χ1n) is 12.5. The van der Waals surface area contributed by atoms with Crippen LogP contribution in [-0.4, -0.2) is 61.7 Å². The number of benzene rings is 2. The van der Waals surface area contributed by atoms with Gasteiger partial charge < -0.3 is 19.7 Å². The summed E-state index contributed by atoms with van der Waals surface area (Å²) in [6.07, 6.45) is 6.78. The van der Waals surface area contributed by atoms with Gasteiger partial charge in [-0.05, 0) is 36.8 Å². The van der Waals surface area contributed by atoms with Crippen LogP contribution in [0.25, 0.3) is 32.9 Å². The lowest BCUT2D eigenvalue weighted by molar-refractivity contribution is -0.126. The molecule has 5 aromatic rings. The largest absolute Gasteiger partial charge is 0.355 e. The number of nitrogens with one attached hydrogen (secondary N) is 2. The van der Waals surface area contributed by atoms with Crippen LogP contribution in [0.3, 0.4) is 0 Å². The van der Waals surface area contributed by atoms with Gasteiger partial charge >= 0.3 is 0 Å². The van der Waals surface area contributed by atoms with E-state index in [1.54, 1.807) is 17.2 Å². The second kappa shape index (κ2) is 9.70. The van der Waals surface area contributed by atoms with Crippen molar-refractivity contribution in [2.24, 2.45) is 7.05 Å². The third kappa shape index (κ3) is 4.36. The van der Waals surface area contributed by atoms with Crippen LogP contribution in [0.4, 0.5) is 21.8 Å². The van der Waals surface area contributed by atoms with Gasteiger partial charge in [0, 0.05) is 67.5 Å². The minimum Gasteiger partial charge on any atom is -0.355 e. The number of carbonyl (C=O) groups excluding carboxylic acids is 1. The number of hydrogen-bond acceptors (Lipinski definition) is 6. The molecule has 0 saturated carbocycles. The fourth-order valence-electron chi connectivity index (χ4n) is 5.14. The Bertz CT molecular complexity index is 1750. The van der Waals surface area contributed by atoms with Crippen molar-refractivity contribution in [1.29, 1.82) is 0 Å². The highest BCUT2D eigenvalue weighted by atomic mass is 35.5. The molecule has 4 heterocycles. The number of amides is 1. The quantitative estimate of drug-likeness (QED) is 0.296. The molecule has 0 bridgehead atoms. The zero-order valence-electron chi connectivity index (χ0n) is 21.5. The first-order valence-corrected chi connectivity index (χ1v) is 12.9. The first-order chi connectivity index (χ1) is 18.8. The van der Waals surface area contributed by atoms with Gasteiger partial charge in [0.25, 0.3) is 0 Å². The Balaban J connectivity index is 1.53. The number of halogens is 2. The van der Waals surface area contributed by atoms with Crippen LogP contribution in [0.5, 0.6) is 0 Å². The third-order valence-corrected chi connectivity index (χ3v) is 7.40. The molecule has 39 heavy (non-hydrogen) atoms. The van der Waals surface area contributed by atoms with Gasteiger partial charge in [0.15, 0.2) is 5.82 Å². The smallest absolute Gasteiger partial charge is 0.246 e. The Labute approximate surface area is 228 Å². The monoisotopic (exact) mass is 544 g/mol. The van der Waals surface area contributed by atoms with Crippen LogP contribution in [0.1, 0.15) is 5.56 Å². The number of aryl methyl sites for hydroxylation is 2. The molecule has 198 valence electrons. The van der Waals surface area contributed by atoms with Gasteiger partial charge in [0.05, 0.1) is 22.4 Å². The van der Waals surface area contributed by atoms with E-state index >= 15 is 4.39 Å². The summed E-state index contributed by atoms with van der Waals surface area (Å²) < 4.78 is 18.5. The Morgan fingerprint density at radius 3 is 2.67 bits per heavy atom. The van der Waals surface area contributed by atoms with E-state index in [-0.39, 0.29) is 28.0 Å². The second-order valence-electron chi connectivity index (χ2n) is 9.61.